The van der Waals surface area contributed by atoms with Gasteiger partial charge in [0.2, 0.25) is 5.91 Å². The van der Waals surface area contributed by atoms with Crippen molar-refractivity contribution >= 4 is 29.1 Å². The van der Waals surface area contributed by atoms with Crippen molar-refractivity contribution in [1.82, 2.24) is 10.6 Å². The largest absolute Gasteiger partial charge is 0.352 e. The summed E-state index contributed by atoms with van der Waals surface area (Å²) in [5.41, 5.74) is 0.948. The van der Waals surface area contributed by atoms with Crippen LogP contribution in [-0.4, -0.2) is 18.0 Å². The van der Waals surface area contributed by atoms with Gasteiger partial charge in [-0.1, -0.05) is 48.5 Å². The molecule has 22 heavy (non-hydrogen) atoms. The number of carbonyl (C=O) groups excluding carboxylic acids is 1. The van der Waals surface area contributed by atoms with Crippen LogP contribution in [0.5, 0.6) is 0 Å². The van der Waals surface area contributed by atoms with Gasteiger partial charge in [0.25, 0.3) is 0 Å². The molecule has 0 aliphatic heterocycles. The van der Waals surface area contributed by atoms with E-state index in [1.54, 1.807) is 6.07 Å². The lowest BCUT2D eigenvalue weighted by Gasteiger charge is -2.26. The predicted octanol–water partition coefficient (Wildman–Crippen LogP) is 4.48. The van der Waals surface area contributed by atoms with Gasteiger partial charge in [-0.05, 0) is 44.4 Å². The zero-order valence-corrected chi connectivity index (χ0v) is 14.7. The van der Waals surface area contributed by atoms with Crippen molar-refractivity contribution in [3.8, 4) is 0 Å². The first-order chi connectivity index (χ1) is 10.5. The number of amides is 1. The zero-order valence-electron chi connectivity index (χ0n) is 13.2. The number of carbonyl (C=O) groups is 1. The second-order valence-electron chi connectivity index (χ2n) is 6.12. The first-order valence-electron chi connectivity index (χ1n) is 7.98. The Morgan fingerprint density at radius 3 is 2.50 bits per heavy atom. The molecule has 1 aromatic rings. The van der Waals surface area contributed by atoms with Crippen LogP contribution in [0.25, 0.3) is 0 Å². The fraction of sp³-hybridized carbons (Fsp3) is 0.588. The second kappa shape index (κ2) is 8.19. The molecule has 1 amide bonds. The molecule has 0 bridgehead atoms. The van der Waals surface area contributed by atoms with E-state index in [0.717, 1.165) is 18.4 Å². The van der Waals surface area contributed by atoms with Gasteiger partial charge >= 0.3 is 0 Å². The number of hydrogen-bond donors (Lipinski definition) is 2. The predicted molar refractivity (Wildman–Crippen MR) is 92.5 cm³/mol. The molecule has 0 saturated heterocycles. The Morgan fingerprint density at radius 2 is 1.86 bits per heavy atom. The second-order valence-corrected chi connectivity index (χ2v) is 6.96. The molecule has 2 unspecified atom stereocenters. The minimum atomic E-state index is -0.260. The van der Waals surface area contributed by atoms with E-state index in [2.05, 4.69) is 10.6 Å². The molecule has 2 N–H and O–H groups in total. The molecule has 1 aliphatic carbocycles. The lowest BCUT2D eigenvalue weighted by molar-refractivity contribution is -0.123. The van der Waals surface area contributed by atoms with Crippen molar-refractivity contribution in [1.29, 1.82) is 0 Å². The molecule has 2 atom stereocenters. The monoisotopic (exact) mass is 342 g/mol. The third-order valence-electron chi connectivity index (χ3n) is 4.27. The standard InChI is InChI=1S/C17H24Cl2N2O/c1-11(15-9-8-13(18)10-16(15)19)20-12(2)17(22)21-14-6-4-3-5-7-14/h8-12,14,20H,3-7H2,1-2H3,(H,21,22). The van der Waals surface area contributed by atoms with E-state index in [1.807, 2.05) is 26.0 Å². The number of nitrogens with one attached hydrogen (secondary N) is 2. The van der Waals surface area contributed by atoms with Crippen molar-refractivity contribution in [2.24, 2.45) is 0 Å². The third-order valence-corrected chi connectivity index (χ3v) is 4.84. The van der Waals surface area contributed by atoms with E-state index in [1.165, 1.54) is 19.3 Å². The Hall–Kier alpha value is -0.770. The molecular formula is C17H24Cl2N2O. The SMILES string of the molecule is CC(NC(C)c1ccc(Cl)cc1Cl)C(=O)NC1CCCCC1. The summed E-state index contributed by atoms with van der Waals surface area (Å²) in [5.74, 6) is 0.0591. The maximum atomic E-state index is 12.3. The average molecular weight is 343 g/mol. The van der Waals surface area contributed by atoms with E-state index < -0.39 is 0 Å². The average Bonchev–Trinajstić information content (AvgIpc) is 2.47. The molecule has 1 aliphatic rings. The maximum Gasteiger partial charge on any atom is 0.237 e. The van der Waals surface area contributed by atoms with Gasteiger partial charge < -0.3 is 5.32 Å². The number of rotatable bonds is 5. The van der Waals surface area contributed by atoms with Crippen molar-refractivity contribution in [2.75, 3.05) is 0 Å². The zero-order chi connectivity index (χ0) is 16.1. The highest BCUT2D eigenvalue weighted by molar-refractivity contribution is 6.35. The highest BCUT2D eigenvalue weighted by atomic mass is 35.5. The Balaban J connectivity index is 1.89. The molecule has 2 rings (SSSR count). The van der Waals surface area contributed by atoms with Gasteiger partial charge in [-0.15, -0.1) is 0 Å². The van der Waals surface area contributed by atoms with Gasteiger partial charge in [-0.2, -0.15) is 0 Å². The highest BCUT2D eigenvalue weighted by Gasteiger charge is 2.21. The summed E-state index contributed by atoms with van der Waals surface area (Å²) in [6, 6.07) is 5.49. The first kappa shape index (κ1) is 17.6. The molecule has 0 aromatic heterocycles. The van der Waals surface area contributed by atoms with E-state index in [0.29, 0.717) is 16.1 Å². The van der Waals surface area contributed by atoms with Crippen molar-refractivity contribution in [3.05, 3.63) is 33.8 Å². The maximum absolute atomic E-state index is 12.3. The van der Waals surface area contributed by atoms with Gasteiger partial charge in [0.15, 0.2) is 0 Å². The summed E-state index contributed by atoms with van der Waals surface area (Å²) in [5, 5.41) is 7.68. The molecule has 1 aromatic carbocycles. The van der Waals surface area contributed by atoms with Gasteiger partial charge in [0.1, 0.15) is 0 Å². The van der Waals surface area contributed by atoms with E-state index in [4.69, 9.17) is 23.2 Å². The minimum absolute atomic E-state index is 0.0168. The first-order valence-corrected chi connectivity index (χ1v) is 8.74. The van der Waals surface area contributed by atoms with Crippen LogP contribution in [0.15, 0.2) is 18.2 Å². The van der Waals surface area contributed by atoms with Crippen LogP contribution in [0.4, 0.5) is 0 Å². The van der Waals surface area contributed by atoms with Gasteiger partial charge in [-0.25, -0.2) is 0 Å². The lowest BCUT2D eigenvalue weighted by Crippen LogP contribution is -2.47. The number of benzene rings is 1. The van der Waals surface area contributed by atoms with Crippen LogP contribution in [0, 0.1) is 0 Å². The van der Waals surface area contributed by atoms with Crippen LogP contribution < -0.4 is 10.6 Å². The molecule has 1 fully saturated rings. The highest BCUT2D eigenvalue weighted by Crippen LogP contribution is 2.26. The summed E-state index contributed by atoms with van der Waals surface area (Å²) in [6.45, 7) is 3.89. The van der Waals surface area contributed by atoms with E-state index in [9.17, 15) is 4.79 Å². The Kier molecular flexibility index (Phi) is 6.54. The lowest BCUT2D eigenvalue weighted by atomic mass is 9.95. The fourth-order valence-electron chi connectivity index (χ4n) is 2.97. The molecule has 0 heterocycles. The summed E-state index contributed by atoms with van der Waals surface area (Å²) >= 11 is 12.1. The number of halogens is 2. The molecule has 5 heteroatoms. The molecule has 1 saturated carbocycles. The minimum Gasteiger partial charge on any atom is -0.352 e. The smallest absolute Gasteiger partial charge is 0.237 e. The summed E-state index contributed by atoms with van der Waals surface area (Å²) < 4.78 is 0. The van der Waals surface area contributed by atoms with Crippen LogP contribution in [0.2, 0.25) is 10.0 Å². The van der Waals surface area contributed by atoms with Crippen LogP contribution >= 0.6 is 23.2 Å². The van der Waals surface area contributed by atoms with Crippen molar-refractivity contribution < 1.29 is 4.79 Å². The van der Waals surface area contributed by atoms with E-state index >= 15 is 0 Å². The van der Waals surface area contributed by atoms with Gasteiger partial charge in [0.05, 0.1) is 6.04 Å². The Labute approximate surface area is 142 Å². The molecule has 122 valence electrons. The molecule has 0 radical (unpaired) electrons. The fourth-order valence-corrected chi connectivity index (χ4v) is 3.54. The summed E-state index contributed by atoms with van der Waals surface area (Å²) in [4.78, 5) is 12.3. The van der Waals surface area contributed by atoms with E-state index in [-0.39, 0.29) is 18.0 Å². The number of hydrogen-bond acceptors (Lipinski definition) is 2. The van der Waals surface area contributed by atoms with Gasteiger partial charge in [-0.3, -0.25) is 10.1 Å². The quantitative estimate of drug-likeness (QED) is 0.828. The molecule has 0 spiro atoms. The van der Waals surface area contributed by atoms with Crippen molar-refractivity contribution in [3.63, 3.8) is 0 Å². The molecular weight excluding hydrogens is 319 g/mol. The van der Waals surface area contributed by atoms with Crippen LogP contribution in [0.3, 0.4) is 0 Å². The Morgan fingerprint density at radius 1 is 1.18 bits per heavy atom. The summed E-state index contributed by atoms with van der Waals surface area (Å²) in [6.07, 6.45) is 5.90. The third kappa shape index (κ3) is 4.87. The molecule has 3 nitrogen and oxygen atoms in total. The summed E-state index contributed by atoms with van der Waals surface area (Å²) in [7, 11) is 0. The normalized spacial score (nSPS) is 18.7. The Bertz CT molecular complexity index is 515. The van der Waals surface area contributed by atoms with Crippen LogP contribution in [0.1, 0.15) is 57.6 Å². The van der Waals surface area contributed by atoms with Crippen LogP contribution in [-0.2, 0) is 4.79 Å². The topological polar surface area (TPSA) is 41.1 Å². The van der Waals surface area contributed by atoms with Gasteiger partial charge in [0, 0.05) is 22.1 Å². The van der Waals surface area contributed by atoms with Crippen molar-refractivity contribution in [2.45, 2.75) is 64.1 Å².